The number of methoxy groups -OCH3 is 1. The van der Waals surface area contributed by atoms with Crippen LogP contribution in [-0.2, 0) is 11.3 Å². The zero-order valence-electron chi connectivity index (χ0n) is 15.0. The van der Waals surface area contributed by atoms with E-state index in [-0.39, 0.29) is 16.3 Å². The highest BCUT2D eigenvalue weighted by Crippen LogP contribution is 2.44. The maximum absolute atomic E-state index is 14.7. The summed E-state index contributed by atoms with van der Waals surface area (Å²) in [5, 5.41) is 3.23. The molecule has 0 saturated carbocycles. The normalized spacial score (nSPS) is 12.2. The number of benzene rings is 1. The molecule has 1 aliphatic rings. The Morgan fingerprint density at radius 1 is 1.21 bits per heavy atom. The van der Waals surface area contributed by atoms with Gasteiger partial charge in [-0.1, -0.05) is 11.6 Å². The van der Waals surface area contributed by atoms with Crippen LogP contribution in [0.2, 0.25) is 5.02 Å². The predicted octanol–water partition coefficient (Wildman–Crippen LogP) is 4.15. The summed E-state index contributed by atoms with van der Waals surface area (Å²) < 4.78 is 19.3. The number of nitrogens with zero attached hydrogens (tertiary/aromatic N) is 4. The molecule has 0 fully saturated rings. The van der Waals surface area contributed by atoms with Crippen LogP contribution < -0.4 is 10.2 Å². The Bertz CT molecular complexity index is 1070. The molecular formula is C19H15ClFN5O2. The van der Waals surface area contributed by atoms with Gasteiger partial charge in [0.25, 0.3) is 0 Å². The number of hydrogen-bond donors (Lipinski definition) is 1. The number of aromatic nitrogens is 3. The van der Waals surface area contributed by atoms with E-state index in [1.807, 2.05) is 6.92 Å². The van der Waals surface area contributed by atoms with Crippen molar-refractivity contribution in [1.82, 2.24) is 15.0 Å². The number of anilines is 4. The fraction of sp³-hybridized carbons (Fsp3) is 0.158. The molecule has 0 bridgehead atoms. The molecule has 1 N–H and O–H groups in total. The molecule has 28 heavy (non-hydrogen) atoms. The van der Waals surface area contributed by atoms with Crippen molar-refractivity contribution in [3.63, 3.8) is 0 Å². The zero-order chi connectivity index (χ0) is 19.8. The highest BCUT2D eigenvalue weighted by molar-refractivity contribution is 6.34. The fourth-order valence-corrected chi connectivity index (χ4v) is 3.30. The number of carbonyl (C=O) groups is 1. The van der Waals surface area contributed by atoms with Gasteiger partial charge in [-0.05, 0) is 19.1 Å². The van der Waals surface area contributed by atoms with E-state index in [0.29, 0.717) is 18.2 Å². The van der Waals surface area contributed by atoms with E-state index in [2.05, 4.69) is 25.0 Å². The number of halogens is 2. The summed E-state index contributed by atoms with van der Waals surface area (Å²) in [4.78, 5) is 25.9. The number of ether oxygens (including phenoxy) is 1. The molecule has 0 aliphatic carbocycles. The van der Waals surface area contributed by atoms with Gasteiger partial charge in [-0.15, -0.1) is 0 Å². The number of rotatable bonds is 4. The summed E-state index contributed by atoms with van der Waals surface area (Å²) >= 11 is 6.26. The van der Waals surface area contributed by atoms with Gasteiger partial charge in [0, 0.05) is 29.6 Å². The quantitative estimate of drug-likeness (QED) is 0.660. The number of hydrogen-bond acceptors (Lipinski definition) is 7. The topological polar surface area (TPSA) is 80.2 Å². The van der Waals surface area contributed by atoms with Crippen LogP contribution in [0.25, 0.3) is 0 Å². The van der Waals surface area contributed by atoms with Crippen LogP contribution in [0.4, 0.5) is 27.4 Å². The summed E-state index contributed by atoms with van der Waals surface area (Å²) in [5.74, 6) is -0.0785. The molecule has 7 nitrogen and oxygen atoms in total. The molecule has 0 radical (unpaired) electrons. The predicted molar refractivity (Wildman–Crippen MR) is 103 cm³/mol. The Balaban J connectivity index is 1.64. The van der Waals surface area contributed by atoms with Crippen LogP contribution in [-0.4, -0.2) is 28.0 Å². The lowest BCUT2D eigenvalue weighted by Gasteiger charge is -2.36. The van der Waals surface area contributed by atoms with Crippen molar-refractivity contribution in [2.75, 3.05) is 17.3 Å². The lowest BCUT2D eigenvalue weighted by molar-refractivity contribution is 0.0600. The fourth-order valence-electron chi connectivity index (χ4n) is 2.99. The van der Waals surface area contributed by atoms with Gasteiger partial charge in [-0.3, -0.25) is 0 Å². The minimum atomic E-state index is -0.646. The maximum atomic E-state index is 14.7. The monoisotopic (exact) mass is 399 g/mol. The molecule has 142 valence electrons. The van der Waals surface area contributed by atoms with Crippen molar-refractivity contribution in [3.05, 3.63) is 64.5 Å². The second-order valence-electron chi connectivity index (χ2n) is 6.23. The van der Waals surface area contributed by atoms with Gasteiger partial charge in [0.2, 0.25) is 0 Å². The Morgan fingerprint density at radius 3 is 2.71 bits per heavy atom. The van der Waals surface area contributed by atoms with Crippen LogP contribution in [0.1, 0.15) is 21.6 Å². The van der Waals surface area contributed by atoms with E-state index < -0.39 is 11.8 Å². The standard InChI is InChI=1S/C19H15ClFN5O2/c1-10-3-16(24-9-23-10)25-17-6-15-12(7-22-17)8-26(15)18-13(20)4-11(5-14(18)21)19(27)28-2/h3-7,9H,8H2,1-2H3,(H,22,23,24,25). The Hall–Kier alpha value is -3.26. The summed E-state index contributed by atoms with van der Waals surface area (Å²) in [7, 11) is 1.23. The van der Waals surface area contributed by atoms with E-state index in [9.17, 15) is 9.18 Å². The molecule has 9 heteroatoms. The van der Waals surface area contributed by atoms with Crippen LogP contribution in [0.15, 0.2) is 36.8 Å². The van der Waals surface area contributed by atoms with E-state index in [1.165, 1.54) is 19.5 Å². The average Bonchev–Trinajstić information content (AvgIpc) is 2.65. The van der Waals surface area contributed by atoms with E-state index in [0.717, 1.165) is 23.0 Å². The van der Waals surface area contributed by atoms with Crippen molar-refractivity contribution in [2.45, 2.75) is 13.5 Å². The number of aryl methyl sites for hydroxylation is 1. The number of nitrogens with one attached hydrogen (secondary N) is 1. The molecule has 0 unspecified atom stereocenters. The highest BCUT2D eigenvalue weighted by atomic mass is 35.5. The molecule has 2 aromatic heterocycles. The third-order valence-corrected chi connectivity index (χ3v) is 4.64. The third-order valence-electron chi connectivity index (χ3n) is 4.35. The van der Waals surface area contributed by atoms with Crippen molar-refractivity contribution in [2.24, 2.45) is 0 Å². The van der Waals surface area contributed by atoms with Gasteiger partial charge < -0.3 is 15.0 Å². The van der Waals surface area contributed by atoms with Gasteiger partial charge in [0.1, 0.15) is 23.8 Å². The molecule has 4 rings (SSSR count). The van der Waals surface area contributed by atoms with Crippen LogP contribution in [0.5, 0.6) is 0 Å². The minimum absolute atomic E-state index is 0.0608. The molecule has 1 aromatic carbocycles. The van der Waals surface area contributed by atoms with Gasteiger partial charge in [0.05, 0.1) is 35.6 Å². The first-order valence-electron chi connectivity index (χ1n) is 8.35. The van der Waals surface area contributed by atoms with Crippen LogP contribution in [0.3, 0.4) is 0 Å². The largest absolute Gasteiger partial charge is 0.465 e. The van der Waals surface area contributed by atoms with Gasteiger partial charge >= 0.3 is 5.97 Å². The summed E-state index contributed by atoms with van der Waals surface area (Å²) in [6.07, 6.45) is 3.18. The lowest BCUT2D eigenvalue weighted by atomic mass is 10.0. The number of pyridine rings is 1. The summed E-state index contributed by atoms with van der Waals surface area (Å²) in [6, 6.07) is 6.10. The molecule has 0 spiro atoms. The maximum Gasteiger partial charge on any atom is 0.338 e. The van der Waals surface area contributed by atoms with Crippen molar-refractivity contribution < 1.29 is 13.9 Å². The molecule has 0 atom stereocenters. The SMILES string of the molecule is COC(=O)c1cc(F)c(N2Cc3cnc(Nc4cc(C)ncn4)cc32)c(Cl)c1. The van der Waals surface area contributed by atoms with Crippen LogP contribution >= 0.6 is 11.6 Å². The molecule has 0 saturated heterocycles. The zero-order valence-corrected chi connectivity index (χ0v) is 15.8. The van der Waals surface area contributed by atoms with Gasteiger partial charge in [-0.2, -0.15) is 0 Å². The molecule has 1 aliphatic heterocycles. The highest BCUT2D eigenvalue weighted by Gasteiger charge is 2.30. The Labute approximate surface area is 165 Å². The Kier molecular flexibility index (Phi) is 4.56. The Morgan fingerprint density at radius 2 is 2.00 bits per heavy atom. The van der Waals surface area contributed by atoms with Crippen molar-refractivity contribution in [3.8, 4) is 0 Å². The molecular weight excluding hydrogens is 385 g/mol. The summed E-state index contributed by atoms with van der Waals surface area (Å²) in [6.45, 7) is 2.33. The third kappa shape index (κ3) is 3.22. The second kappa shape index (κ2) is 7.05. The smallest absolute Gasteiger partial charge is 0.338 e. The van der Waals surface area contributed by atoms with Crippen molar-refractivity contribution in [1.29, 1.82) is 0 Å². The van der Waals surface area contributed by atoms with Gasteiger partial charge in [-0.25, -0.2) is 24.1 Å². The van der Waals surface area contributed by atoms with Crippen LogP contribution in [0, 0.1) is 12.7 Å². The first kappa shape index (κ1) is 18.1. The van der Waals surface area contributed by atoms with Gasteiger partial charge in [0.15, 0.2) is 0 Å². The van der Waals surface area contributed by atoms with E-state index in [1.54, 1.807) is 23.2 Å². The lowest BCUT2D eigenvalue weighted by Crippen LogP contribution is -2.29. The first-order chi connectivity index (χ1) is 13.5. The van der Waals surface area contributed by atoms with Crippen molar-refractivity contribution >= 4 is 40.6 Å². The van der Waals surface area contributed by atoms with E-state index >= 15 is 0 Å². The first-order valence-corrected chi connectivity index (χ1v) is 8.73. The second-order valence-corrected chi connectivity index (χ2v) is 6.64. The molecule has 0 amide bonds. The number of esters is 1. The number of fused-ring (bicyclic) bond motifs is 1. The summed E-state index contributed by atoms with van der Waals surface area (Å²) in [5.41, 5.74) is 2.82. The minimum Gasteiger partial charge on any atom is -0.465 e. The molecule has 3 aromatic rings. The van der Waals surface area contributed by atoms with E-state index in [4.69, 9.17) is 11.6 Å². The number of carbonyl (C=O) groups excluding carboxylic acids is 1. The average molecular weight is 400 g/mol. The molecule has 3 heterocycles.